The standard InChI is InChI=1S/C29H27NO7/c1-3-34-21-13-11-20(17-24(21)35-4-2)30-26(18-8-6-5-7-9-18)25(28(32)29(30)33)27(31)19-10-12-22-23(16-19)37-15-14-36-22/h5-13,16-17,26,31H,3-4,14-15H2,1-2H3/b27-25-. The van der Waals surface area contributed by atoms with Crippen LogP contribution in [0.25, 0.3) is 5.76 Å². The maximum Gasteiger partial charge on any atom is 0.300 e. The van der Waals surface area contributed by atoms with Crippen LogP contribution < -0.4 is 23.8 Å². The summed E-state index contributed by atoms with van der Waals surface area (Å²) in [6.07, 6.45) is 0. The number of anilines is 1. The van der Waals surface area contributed by atoms with Crippen molar-refractivity contribution >= 4 is 23.1 Å². The van der Waals surface area contributed by atoms with Crippen molar-refractivity contribution in [2.75, 3.05) is 31.3 Å². The zero-order valence-corrected chi connectivity index (χ0v) is 20.6. The van der Waals surface area contributed by atoms with Gasteiger partial charge in [0.15, 0.2) is 23.0 Å². The van der Waals surface area contributed by atoms with Crippen LogP contribution in [0.2, 0.25) is 0 Å². The van der Waals surface area contributed by atoms with Crippen molar-refractivity contribution in [3.63, 3.8) is 0 Å². The Morgan fingerprint density at radius 3 is 2.32 bits per heavy atom. The second-order valence-corrected chi connectivity index (χ2v) is 8.44. The lowest BCUT2D eigenvalue weighted by Crippen LogP contribution is -2.29. The van der Waals surface area contributed by atoms with Gasteiger partial charge < -0.3 is 24.1 Å². The molecule has 1 unspecified atom stereocenters. The SMILES string of the molecule is CCOc1ccc(N2C(=O)C(=O)/C(=C(\O)c3ccc4c(c3)OCCO4)C2c2ccccc2)cc1OCC. The van der Waals surface area contributed by atoms with Gasteiger partial charge >= 0.3 is 0 Å². The molecule has 0 radical (unpaired) electrons. The molecule has 0 bridgehead atoms. The third-order valence-electron chi connectivity index (χ3n) is 6.18. The summed E-state index contributed by atoms with van der Waals surface area (Å²) in [5, 5.41) is 11.4. The van der Waals surface area contributed by atoms with Gasteiger partial charge in [-0.1, -0.05) is 30.3 Å². The van der Waals surface area contributed by atoms with Crippen molar-refractivity contribution < 1.29 is 33.6 Å². The highest BCUT2D eigenvalue weighted by Gasteiger charge is 2.47. The van der Waals surface area contributed by atoms with Crippen LogP contribution in [0.3, 0.4) is 0 Å². The van der Waals surface area contributed by atoms with Crippen LogP contribution >= 0.6 is 0 Å². The molecule has 37 heavy (non-hydrogen) atoms. The van der Waals surface area contributed by atoms with Gasteiger partial charge in [0.05, 0.1) is 24.8 Å². The monoisotopic (exact) mass is 501 g/mol. The number of hydrogen-bond acceptors (Lipinski definition) is 7. The number of benzene rings is 3. The molecule has 0 spiro atoms. The molecular formula is C29H27NO7. The van der Waals surface area contributed by atoms with E-state index in [1.165, 1.54) is 4.90 Å². The molecule has 2 aliphatic rings. The molecule has 1 amide bonds. The largest absolute Gasteiger partial charge is 0.507 e. The summed E-state index contributed by atoms with van der Waals surface area (Å²) in [6.45, 7) is 5.38. The summed E-state index contributed by atoms with van der Waals surface area (Å²) >= 11 is 0. The van der Waals surface area contributed by atoms with Crippen molar-refractivity contribution in [3.8, 4) is 23.0 Å². The molecule has 3 aromatic carbocycles. The van der Waals surface area contributed by atoms with Gasteiger partial charge in [0.2, 0.25) is 0 Å². The molecular weight excluding hydrogens is 474 g/mol. The van der Waals surface area contributed by atoms with Gasteiger partial charge in [-0.25, -0.2) is 0 Å². The van der Waals surface area contributed by atoms with Gasteiger partial charge in [-0.05, 0) is 49.7 Å². The number of fused-ring (bicyclic) bond motifs is 1. The summed E-state index contributed by atoms with van der Waals surface area (Å²) in [4.78, 5) is 28.3. The number of carbonyl (C=O) groups excluding carboxylic acids is 2. The zero-order chi connectivity index (χ0) is 25.9. The first kappa shape index (κ1) is 24.2. The Labute approximate surface area is 214 Å². The molecule has 190 valence electrons. The van der Waals surface area contributed by atoms with E-state index in [0.717, 1.165) is 0 Å². The van der Waals surface area contributed by atoms with Gasteiger partial charge in [0.25, 0.3) is 11.7 Å². The fourth-order valence-electron chi connectivity index (χ4n) is 4.59. The molecule has 5 rings (SSSR count). The maximum absolute atomic E-state index is 13.5. The van der Waals surface area contributed by atoms with Gasteiger partial charge in [0.1, 0.15) is 19.0 Å². The Morgan fingerprint density at radius 1 is 0.892 bits per heavy atom. The fourth-order valence-corrected chi connectivity index (χ4v) is 4.59. The number of rotatable bonds is 7. The first-order valence-corrected chi connectivity index (χ1v) is 12.2. The Morgan fingerprint density at radius 2 is 1.59 bits per heavy atom. The third-order valence-corrected chi connectivity index (χ3v) is 6.18. The lowest BCUT2D eigenvalue weighted by molar-refractivity contribution is -0.132. The number of nitrogens with zero attached hydrogens (tertiary/aromatic N) is 1. The van der Waals surface area contributed by atoms with Crippen molar-refractivity contribution in [2.24, 2.45) is 0 Å². The predicted octanol–water partition coefficient (Wildman–Crippen LogP) is 4.88. The average molecular weight is 502 g/mol. The number of amides is 1. The van der Waals surface area contributed by atoms with E-state index in [-0.39, 0.29) is 11.3 Å². The second-order valence-electron chi connectivity index (χ2n) is 8.44. The third kappa shape index (κ3) is 4.46. The number of ether oxygens (including phenoxy) is 4. The summed E-state index contributed by atoms with van der Waals surface area (Å²) in [5.41, 5.74) is 1.46. The highest BCUT2D eigenvalue weighted by atomic mass is 16.6. The molecule has 0 aromatic heterocycles. The lowest BCUT2D eigenvalue weighted by atomic mass is 9.95. The number of hydrogen-bond donors (Lipinski definition) is 1. The Balaban J connectivity index is 1.66. The Hall–Kier alpha value is -4.46. The molecule has 1 N–H and O–H groups in total. The highest BCUT2D eigenvalue weighted by Crippen LogP contribution is 2.45. The van der Waals surface area contributed by atoms with Crippen LogP contribution in [-0.2, 0) is 9.59 Å². The second kappa shape index (κ2) is 10.3. The molecule has 1 fully saturated rings. The van der Waals surface area contributed by atoms with Crippen molar-refractivity contribution in [3.05, 3.63) is 83.4 Å². The zero-order valence-electron chi connectivity index (χ0n) is 20.6. The first-order valence-electron chi connectivity index (χ1n) is 12.2. The number of ketones is 1. The van der Waals surface area contributed by atoms with Crippen LogP contribution in [0.5, 0.6) is 23.0 Å². The molecule has 1 atom stereocenters. The van der Waals surface area contributed by atoms with Gasteiger partial charge in [-0.2, -0.15) is 0 Å². The van der Waals surface area contributed by atoms with E-state index in [9.17, 15) is 14.7 Å². The normalized spacial score (nSPS) is 18.1. The van der Waals surface area contributed by atoms with Crippen LogP contribution in [0, 0.1) is 0 Å². The first-order chi connectivity index (χ1) is 18.0. The summed E-state index contributed by atoms with van der Waals surface area (Å²) in [6, 6.07) is 18.3. The minimum Gasteiger partial charge on any atom is -0.507 e. The molecule has 8 nitrogen and oxygen atoms in total. The Bertz CT molecular complexity index is 1370. The van der Waals surface area contributed by atoms with E-state index in [4.69, 9.17) is 18.9 Å². The van der Waals surface area contributed by atoms with E-state index < -0.39 is 17.7 Å². The van der Waals surface area contributed by atoms with Crippen molar-refractivity contribution in [1.82, 2.24) is 0 Å². The van der Waals surface area contributed by atoms with Gasteiger partial charge in [-0.3, -0.25) is 14.5 Å². The fraction of sp³-hybridized carbons (Fsp3) is 0.241. The maximum atomic E-state index is 13.5. The van der Waals surface area contributed by atoms with E-state index in [0.29, 0.717) is 66.2 Å². The van der Waals surface area contributed by atoms with E-state index in [2.05, 4.69) is 0 Å². The van der Waals surface area contributed by atoms with Gasteiger partial charge in [0, 0.05) is 17.3 Å². The number of carbonyl (C=O) groups is 2. The van der Waals surface area contributed by atoms with E-state index in [1.807, 2.05) is 44.2 Å². The Kier molecular flexibility index (Phi) is 6.72. The van der Waals surface area contributed by atoms with Gasteiger partial charge in [-0.15, -0.1) is 0 Å². The number of aliphatic hydroxyl groups is 1. The van der Waals surface area contributed by atoms with E-state index >= 15 is 0 Å². The van der Waals surface area contributed by atoms with Crippen LogP contribution in [0.1, 0.15) is 31.0 Å². The summed E-state index contributed by atoms with van der Waals surface area (Å²) in [7, 11) is 0. The number of aliphatic hydroxyl groups excluding tert-OH is 1. The summed E-state index contributed by atoms with van der Waals surface area (Å²) in [5.74, 6) is 0.198. The van der Waals surface area contributed by atoms with E-state index in [1.54, 1.807) is 36.4 Å². The minimum absolute atomic E-state index is 0.0141. The molecule has 0 aliphatic carbocycles. The van der Waals surface area contributed by atoms with Crippen LogP contribution in [0.15, 0.2) is 72.3 Å². The minimum atomic E-state index is -0.859. The highest BCUT2D eigenvalue weighted by molar-refractivity contribution is 6.51. The topological polar surface area (TPSA) is 94.5 Å². The average Bonchev–Trinajstić information content (AvgIpc) is 3.20. The summed E-state index contributed by atoms with van der Waals surface area (Å²) < 4.78 is 22.6. The number of Topliss-reactive ketones (excluding diaryl/α,β-unsaturated/α-hetero) is 1. The molecule has 3 aromatic rings. The molecule has 8 heteroatoms. The lowest BCUT2D eigenvalue weighted by Gasteiger charge is -2.26. The van der Waals surface area contributed by atoms with Crippen LogP contribution in [0.4, 0.5) is 5.69 Å². The molecule has 1 saturated heterocycles. The van der Waals surface area contributed by atoms with Crippen molar-refractivity contribution in [1.29, 1.82) is 0 Å². The predicted molar refractivity (Wildman–Crippen MR) is 137 cm³/mol. The van der Waals surface area contributed by atoms with Crippen LogP contribution in [-0.4, -0.2) is 43.2 Å². The molecule has 2 heterocycles. The molecule has 2 aliphatic heterocycles. The quantitative estimate of drug-likeness (QED) is 0.280. The van der Waals surface area contributed by atoms with Crippen molar-refractivity contribution in [2.45, 2.75) is 19.9 Å². The smallest absolute Gasteiger partial charge is 0.300 e. The molecule has 0 saturated carbocycles.